The number of nitrogens with one attached hydrogen (secondary N) is 1. The fraction of sp³-hybridized carbons (Fsp3) is 0.519. The standard InChI is InChI=1S/C27H37N3O3/c1-18-14-19(2)25(33-6)24-22(18)16-27(3,4)26(24)28-23(31)17-29-10-12-30(13-11-29)20-8-7-9-21(15-20)32-5/h7-9,14-15,26H,10-13,16-17H2,1-6H3,(H,28,31). The largest absolute Gasteiger partial charge is 0.497 e. The third-order valence-electron chi connectivity index (χ3n) is 7.21. The number of ether oxygens (including phenoxy) is 2. The monoisotopic (exact) mass is 451 g/mol. The van der Waals surface area contributed by atoms with Gasteiger partial charge in [-0.1, -0.05) is 26.0 Å². The summed E-state index contributed by atoms with van der Waals surface area (Å²) in [7, 11) is 3.42. The summed E-state index contributed by atoms with van der Waals surface area (Å²) >= 11 is 0. The number of hydrogen-bond donors (Lipinski definition) is 1. The number of aryl methyl sites for hydroxylation is 2. The van der Waals surface area contributed by atoms with Crippen LogP contribution < -0.4 is 19.7 Å². The van der Waals surface area contributed by atoms with E-state index in [1.54, 1.807) is 14.2 Å². The molecule has 2 aliphatic rings. The first kappa shape index (κ1) is 23.4. The van der Waals surface area contributed by atoms with Crippen LogP contribution in [0.15, 0.2) is 30.3 Å². The zero-order valence-corrected chi connectivity index (χ0v) is 20.8. The van der Waals surface area contributed by atoms with Gasteiger partial charge in [0.05, 0.1) is 26.8 Å². The van der Waals surface area contributed by atoms with Gasteiger partial charge in [0.25, 0.3) is 0 Å². The summed E-state index contributed by atoms with van der Waals surface area (Å²) in [5.41, 5.74) is 5.99. The van der Waals surface area contributed by atoms with E-state index >= 15 is 0 Å². The van der Waals surface area contributed by atoms with Gasteiger partial charge in [-0.05, 0) is 54.5 Å². The molecule has 1 fully saturated rings. The summed E-state index contributed by atoms with van der Waals surface area (Å²) in [6.45, 7) is 12.6. The fourth-order valence-corrected chi connectivity index (χ4v) is 5.45. The van der Waals surface area contributed by atoms with Gasteiger partial charge in [0.15, 0.2) is 0 Å². The highest BCUT2D eigenvalue weighted by molar-refractivity contribution is 5.79. The van der Waals surface area contributed by atoms with Gasteiger partial charge >= 0.3 is 0 Å². The van der Waals surface area contributed by atoms with Gasteiger partial charge in [-0.3, -0.25) is 9.69 Å². The van der Waals surface area contributed by atoms with Crippen LogP contribution in [0, 0.1) is 19.3 Å². The van der Waals surface area contributed by atoms with Gasteiger partial charge in [-0.25, -0.2) is 0 Å². The Balaban J connectivity index is 1.41. The van der Waals surface area contributed by atoms with Crippen LogP contribution in [-0.2, 0) is 11.2 Å². The summed E-state index contributed by atoms with van der Waals surface area (Å²) in [4.78, 5) is 17.7. The molecule has 1 aliphatic carbocycles. The molecule has 0 radical (unpaired) electrons. The quantitative estimate of drug-likeness (QED) is 0.722. The molecule has 33 heavy (non-hydrogen) atoms. The molecule has 0 spiro atoms. The van der Waals surface area contributed by atoms with Crippen LogP contribution in [0.2, 0.25) is 0 Å². The van der Waals surface area contributed by atoms with E-state index in [1.165, 1.54) is 16.8 Å². The van der Waals surface area contributed by atoms with Crippen molar-refractivity contribution < 1.29 is 14.3 Å². The SMILES string of the molecule is COc1cccc(N2CCN(CC(=O)NC3c4c(c(C)cc(C)c4OC)CC3(C)C)CC2)c1. The highest BCUT2D eigenvalue weighted by atomic mass is 16.5. The minimum absolute atomic E-state index is 0.0494. The number of fused-ring (bicyclic) bond motifs is 1. The Morgan fingerprint density at radius 1 is 1.06 bits per heavy atom. The summed E-state index contributed by atoms with van der Waals surface area (Å²) in [6.07, 6.45) is 0.939. The lowest BCUT2D eigenvalue weighted by molar-refractivity contribution is -0.123. The molecule has 2 aromatic carbocycles. The Hall–Kier alpha value is -2.73. The number of nitrogens with zero attached hydrogens (tertiary/aromatic N) is 2. The molecule has 6 nitrogen and oxygen atoms in total. The zero-order valence-electron chi connectivity index (χ0n) is 20.8. The lowest BCUT2D eigenvalue weighted by atomic mass is 9.85. The highest BCUT2D eigenvalue weighted by Crippen LogP contribution is 2.50. The highest BCUT2D eigenvalue weighted by Gasteiger charge is 2.43. The Bertz CT molecular complexity index is 1030. The second-order valence-electron chi connectivity index (χ2n) is 10.1. The van der Waals surface area contributed by atoms with Gasteiger partial charge in [0.2, 0.25) is 5.91 Å². The van der Waals surface area contributed by atoms with Crippen LogP contribution in [0.5, 0.6) is 11.5 Å². The summed E-state index contributed by atoms with van der Waals surface area (Å²) in [5, 5.41) is 3.37. The minimum Gasteiger partial charge on any atom is -0.497 e. The average molecular weight is 452 g/mol. The Labute approximate surface area is 197 Å². The second-order valence-corrected chi connectivity index (χ2v) is 10.1. The topological polar surface area (TPSA) is 54.0 Å². The number of carbonyl (C=O) groups is 1. The van der Waals surface area contributed by atoms with Crippen molar-refractivity contribution in [3.05, 3.63) is 52.6 Å². The maximum Gasteiger partial charge on any atom is 0.234 e. The smallest absolute Gasteiger partial charge is 0.234 e. The number of anilines is 1. The minimum atomic E-state index is -0.0606. The first-order valence-electron chi connectivity index (χ1n) is 11.8. The van der Waals surface area contributed by atoms with Gasteiger partial charge in [-0.15, -0.1) is 0 Å². The van der Waals surface area contributed by atoms with E-state index < -0.39 is 0 Å². The normalized spacial score (nSPS) is 19.8. The first-order chi connectivity index (χ1) is 15.7. The van der Waals surface area contributed by atoms with Crippen molar-refractivity contribution in [3.8, 4) is 11.5 Å². The first-order valence-corrected chi connectivity index (χ1v) is 11.8. The van der Waals surface area contributed by atoms with Gasteiger partial charge in [-0.2, -0.15) is 0 Å². The molecule has 1 heterocycles. The molecule has 1 atom stereocenters. The van der Waals surface area contributed by atoms with Crippen molar-refractivity contribution in [1.29, 1.82) is 0 Å². The number of hydrogen-bond acceptors (Lipinski definition) is 5. The molecule has 1 aliphatic heterocycles. The molecule has 4 rings (SSSR count). The Morgan fingerprint density at radius 2 is 1.79 bits per heavy atom. The van der Waals surface area contributed by atoms with Crippen molar-refractivity contribution in [2.75, 3.05) is 51.8 Å². The molecule has 1 N–H and O–H groups in total. The van der Waals surface area contributed by atoms with Crippen LogP contribution >= 0.6 is 0 Å². The third kappa shape index (κ3) is 4.67. The number of benzene rings is 2. The number of rotatable bonds is 6. The number of amides is 1. The predicted octanol–water partition coefficient (Wildman–Crippen LogP) is 3.88. The van der Waals surface area contributed by atoms with E-state index in [1.807, 2.05) is 12.1 Å². The molecule has 1 saturated heterocycles. The van der Waals surface area contributed by atoms with Crippen LogP contribution in [-0.4, -0.2) is 57.8 Å². The van der Waals surface area contributed by atoms with E-state index in [0.717, 1.165) is 55.2 Å². The van der Waals surface area contributed by atoms with Crippen LogP contribution in [0.25, 0.3) is 0 Å². The zero-order chi connectivity index (χ0) is 23.8. The van der Waals surface area contributed by atoms with E-state index in [0.29, 0.717) is 6.54 Å². The number of piperazine rings is 1. The maximum absolute atomic E-state index is 13.1. The molecule has 1 amide bonds. The number of carbonyl (C=O) groups excluding carboxylic acids is 1. The van der Waals surface area contributed by atoms with Crippen LogP contribution in [0.4, 0.5) is 5.69 Å². The van der Waals surface area contributed by atoms with E-state index in [9.17, 15) is 4.79 Å². The van der Waals surface area contributed by atoms with E-state index in [-0.39, 0.29) is 17.4 Å². The second kappa shape index (κ2) is 9.26. The maximum atomic E-state index is 13.1. The van der Waals surface area contributed by atoms with Gasteiger partial charge < -0.3 is 19.7 Å². The molecule has 0 saturated carbocycles. The van der Waals surface area contributed by atoms with Crippen molar-refractivity contribution in [3.63, 3.8) is 0 Å². The summed E-state index contributed by atoms with van der Waals surface area (Å²) < 4.78 is 11.1. The molecule has 1 unspecified atom stereocenters. The molecular formula is C27H37N3O3. The Morgan fingerprint density at radius 3 is 2.45 bits per heavy atom. The molecule has 2 aromatic rings. The van der Waals surface area contributed by atoms with Crippen LogP contribution in [0.1, 0.15) is 42.1 Å². The van der Waals surface area contributed by atoms with E-state index in [2.05, 4.69) is 61.0 Å². The lowest BCUT2D eigenvalue weighted by Gasteiger charge is -2.36. The van der Waals surface area contributed by atoms with Crippen molar-refractivity contribution in [2.45, 2.75) is 40.2 Å². The Kier molecular flexibility index (Phi) is 6.57. The predicted molar refractivity (Wildman–Crippen MR) is 132 cm³/mol. The van der Waals surface area contributed by atoms with Crippen molar-refractivity contribution in [1.82, 2.24) is 10.2 Å². The number of methoxy groups -OCH3 is 2. The van der Waals surface area contributed by atoms with E-state index in [4.69, 9.17) is 9.47 Å². The molecular weight excluding hydrogens is 414 g/mol. The fourth-order valence-electron chi connectivity index (χ4n) is 5.45. The van der Waals surface area contributed by atoms with Crippen molar-refractivity contribution >= 4 is 11.6 Å². The average Bonchev–Trinajstić information content (AvgIpc) is 3.05. The molecule has 0 bridgehead atoms. The molecule has 178 valence electrons. The summed E-state index contributed by atoms with van der Waals surface area (Å²) in [5.74, 6) is 1.87. The molecule has 6 heteroatoms. The van der Waals surface area contributed by atoms with Crippen LogP contribution in [0.3, 0.4) is 0 Å². The summed E-state index contributed by atoms with van der Waals surface area (Å²) in [6, 6.07) is 10.3. The van der Waals surface area contributed by atoms with Gasteiger partial charge in [0.1, 0.15) is 11.5 Å². The van der Waals surface area contributed by atoms with Crippen molar-refractivity contribution in [2.24, 2.45) is 5.41 Å². The molecule has 0 aromatic heterocycles. The third-order valence-corrected chi connectivity index (χ3v) is 7.21. The van der Waals surface area contributed by atoms with Gasteiger partial charge in [0, 0.05) is 43.5 Å². The lowest BCUT2D eigenvalue weighted by Crippen LogP contribution is -2.50.